The predicted octanol–water partition coefficient (Wildman–Crippen LogP) is 21.0. The summed E-state index contributed by atoms with van der Waals surface area (Å²) in [6, 6.07) is 0. The lowest BCUT2D eigenvalue weighted by molar-refractivity contribution is -0.167. The van der Waals surface area contributed by atoms with Gasteiger partial charge in [-0.2, -0.15) is 0 Å². The van der Waals surface area contributed by atoms with Crippen LogP contribution in [0.4, 0.5) is 0 Å². The Morgan fingerprint density at radius 1 is 0.280 bits per heavy atom. The van der Waals surface area contributed by atoms with E-state index in [1.807, 2.05) is 0 Å². The molecule has 6 heteroatoms. The van der Waals surface area contributed by atoms with Gasteiger partial charge in [0.1, 0.15) is 13.2 Å². The average Bonchev–Trinajstić information content (AvgIpc) is 3.41. The van der Waals surface area contributed by atoms with Crippen molar-refractivity contribution < 1.29 is 28.6 Å². The van der Waals surface area contributed by atoms with Crippen molar-refractivity contribution in [2.24, 2.45) is 0 Å². The Labute approximate surface area is 462 Å². The van der Waals surface area contributed by atoms with Crippen LogP contribution in [0.1, 0.15) is 265 Å². The van der Waals surface area contributed by atoms with Gasteiger partial charge in [-0.25, -0.2) is 0 Å². The maximum atomic E-state index is 12.8. The van der Waals surface area contributed by atoms with Crippen LogP contribution in [-0.4, -0.2) is 37.2 Å². The Morgan fingerprint density at radius 3 is 0.840 bits per heavy atom. The zero-order valence-corrected chi connectivity index (χ0v) is 48.5. The fourth-order valence-electron chi connectivity index (χ4n) is 8.05. The van der Waals surface area contributed by atoms with Gasteiger partial charge in [0.2, 0.25) is 0 Å². The number of esters is 3. The summed E-state index contributed by atoms with van der Waals surface area (Å²) in [6.45, 7) is 6.43. The first-order valence-corrected chi connectivity index (χ1v) is 30.7. The van der Waals surface area contributed by atoms with E-state index in [0.29, 0.717) is 19.3 Å². The predicted molar refractivity (Wildman–Crippen MR) is 325 cm³/mol. The van der Waals surface area contributed by atoms with E-state index in [1.54, 1.807) is 0 Å². The van der Waals surface area contributed by atoms with E-state index in [1.165, 1.54) is 77.0 Å². The van der Waals surface area contributed by atoms with E-state index in [0.717, 1.165) is 148 Å². The summed E-state index contributed by atoms with van der Waals surface area (Å²) in [5.74, 6) is -0.927. The molecule has 0 aromatic carbocycles. The molecule has 1 unspecified atom stereocenters. The van der Waals surface area contributed by atoms with Crippen molar-refractivity contribution in [2.75, 3.05) is 13.2 Å². The van der Waals surface area contributed by atoms with E-state index in [9.17, 15) is 14.4 Å². The minimum absolute atomic E-state index is 0.0907. The van der Waals surface area contributed by atoms with Crippen LogP contribution in [0.2, 0.25) is 0 Å². The molecule has 0 bridgehead atoms. The maximum Gasteiger partial charge on any atom is 0.306 e. The molecular formula is C69H112O6. The third-order valence-corrected chi connectivity index (χ3v) is 12.6. The lowest BCUT2D eigenvalue weighted by atomic mass is 10.1. The second-order valence-corrected chi connectivity index (χ2v) is 19.9. The Hall–Kier alpha value is -4.45. The highest BCUT2D eigenvalue weighted by Crippen LogP contribution is 2.14. The molecule has 75 heavy (non-hydrogen) atoms. The molecule has 0 aliphatic rings. The van der Waals surface area contributed by atoms with Crippen LogP contribution in [0.3, 0.4) is 0 Å². The van der Waals surface area contributed by atoms with E-state index >= 15 is 0 Å². The molecule has 0 aromatic heterocycles. The SMILES string of the molecule is CC/C=C\C/C=C\C/C=C\C/C=C\C/C=C\C/C=C\C/C=C\C/C=C\CCCCCCCCC(=O)OCC(COC(=O)CCCCCCCCC)OC(=O)CCCCCCCC/C=C\C/C=C\C/C=C\CCCCC. The molecular weight excluding hydrogens is 925 g/mol. The van der Waals surface area contributed by atoms with E-state index in [4.69, 9.17) is 14.2 Å². The van der Waals surface area contributed by atoms with Crippen molar-refractivity contribution in [3.8, 4) is 0 Å². The topological polar surface area (TPSA) is 78.9 Å². The monoisotopic (exact) mass is 1040 g/mol. The summed E-state index contributed by atoms with van der Waals surface area (Å²) in [6.07, 6.45) is 87.5. The molecule has 0 aliphatic carbocycles. The summed E-state index contributed by atoms with van der Waals surface area (Å²) in [7, 11) is 0. The van der Waals surface area contributed by atoms with Gasteiger partial charge in [-0.1, -0.05) is 257 Å². The van der Waals surface area contributed by atoms with Gasteiger partial charge in [-0.3, -0.25) is 14.4 Å². The number of hydrogen-bond donors (Lipinski definition) is 0. The smallest absolute Gasteiger partial charge is 0.306 e. The summed E-state index contributed by atoms with van der Waals surface area (Å²) in [5.41, 5.74) is 0. The second kappa shape index (κ2) is 62.1. The van der Waals surface area contributed by atoms with Gasteiger partial charge >= 0.3 is 17.9 Å². The fourth-order valence-corrected chi connectivity index (χ4v) is 8.05. The summed E-state index contributed by atoms with van der Waals surface area (Å²) < 4.78 is 16.8. The molecule has 0 radical (unpaired) electrons. The van der Waals surface area contributed by atoms with Crippen molar-refractivity contribution in [1.29, 1.82) is 0 Å². The van der Waals surface area contributed by atoms with Crippen molar-refractivity contribution in [3.63, 3.8) is 0 Å². The van der Waals surface area contributed by atoms with Crippen LogP contribution in [0, 0.1) is 0 Å². The van der Waals surface area contributed by atoms with Gasteiger partial charge in [0.15, 0.2) is 6.10 Å². The van der Waals surface area contributed by atoms with Gasteiger partial charge in [0.25, 0.3) is 0 Å². The third kappa shape index (κ3) is 60.3. The third-order valence-electron chi connectivity index (χ3n) is 12.6. The fraction of sp³-hybridized carbons (Fsp3) is 0.638. The van der Waals surface area contributed by atoms with Gasteiger partial charge < -0.3 is 14.2 Å². The van der Waals surface area contributed by atoms with E-state index in [-0.39, 0.29) is 31.1 Å². The standard InChI is InChI=1S/C69H112O6/c1-4-7-10-13-16-18-20-22-24-26-28-29-30-31-32-33-34-35-36-37-38-39-41-42-44-46-48-50-53-56-59-62-68(71)74-65-66(64-73-67(70)61-58-55-52-15-12-9-6-3)75-69(72)63-60-57-54-51-49-47-45-43-40-27-25-23-21-19-17-14-11-8-5-2/h7,10,16-19,22-25,28-29,31-32,34-35,37-38,40-43,66H,4-6,8-9,11-15,20-21,26-27,30,33,36,39,44-65H2,1-3H3/b10-7-,18-16-,19-17-,24-22-,25-23-,29-28-,32-31-,35-34-,38-37-,42-41-,43-40-. The lowest BCUT2D eigenvalue weighted by Gasteiger charge is -2.18. The van der Waals surface area contributed by atoms with Crippen molar-refractivity contribution in [3.05, 3.63) is 134 Å². The summed E-state index contributed by atoms with van der Waals surface area (Å²) in [5, 5.41) is 0. The quantitative estimate of drug-likeness (QED) is 0.0261. The first-order valence-electron chi connectivity index (χ1n) is 30.7. The molecule has 0 heterocycles. The minimum atomic E-state index is -0.793. The molecule has 0 spiro atoms. The Balaban J connectivity index is 4.23. The summed E-state index contributed by atoms with van der Waals surface area (Å²) >= 11 is 0. The number of ether oxygens (including phenoxy) is 3. The van der Waals surface area contributed by atoms with Crippen molar-refractivity contribution in [2.45, 2.75) is 271 Å². The molecule has 0 N–H and O–H groups in total. The van der Waals surface area contributed by atoms with Crippen LogP contribution in [-0.2, 0) is 28.6 Å². The molecule has 0 fully saturated rings. The molecule has 0 saturated heterocycles. The average molecular weight is 1040 g/mol. The number of hydrogen-bond acceptors (Lipinski definition) is 6. The number of carbonyl (C=O) groups is 3. The van der Waals surface area contributed by atoms with Gasteiger partial charge in [-0.15, -0.1) is 0 Å². The Kier molecular flexibility index (Phi) is 58.4. The van der Waals surface area contributed by atoms with Gasteiger partial charge in [-0.05, 0) is 122 Å². The molecule has 1 atom stereocenters. The van der Waals surface area contributed by atoms with Crippen LogP contribution < -0.4 is 0 Å². The number of allylic oxidation sites excluding steroid dienone is 22. The van der Waals surface area contributed by atoms with E-state index < -0.39 is 6.10 Å². The number of carbonyl (C=O) groups excluding carboxylic acids is 3. The van der Waals surface area contributed by atoms with Crippen LogP contribution in [0.25, 0.3) is 0 Å². The normalized spacial score (nSPS) is 13.1. The highest BCUT2D eigenvalue weighted by molar-refractivity contribution is 5.71. The maximum absolute atomic E-state index is 12.8. The molecule has 424 valence electrons. The van der Waals surface area contributed by atoms with Crippen LogP contribution in [0.15, 0.2) is 134 Å². The summed E-state index contributed by atoms with van der Waals surface area (Å²) in [4.78, 5) is 38.0. The van der Waals surface area contributed by atoms with Crippen LogP contribution in [0.5, 0.6) is 0 Å². The molecule has 6 nitrogen and oxygen atoms in total. The second-order valence-electron chi connectivity index (χ2n) is 19.9. The van der Waals surface area contributed by atoms with Crippen LogP contribution >= 0.6 is 0 Å². The number of rotatable bonds is 54. The molecule has 0 aliphatic heterocycles. The molecule has 0 rings (SSSR count). The number of unbranched alkanes of at least 4 members (excludes halogenated alkanes) is 21. The van der Waals surface area contributed by atoms with E-state index in [2.05, 4.69) is 154 Å². The first kappa shape index (κ1) is 70.5. The largest absolute Gasteiger partial charge is 0.462 e. The highest BCUT2D eigenvalue weighted by atomic mass is 16.6. The van der Waals surface area contributed by atoms with Crippen molar-refractivity contribution in [1.82, 2.24) is 0 Å². The highest BCUT2D eigenvalue weighted by Gasteiger charge is 2.19. The van der Waals surface area contributed by atoms with Gasteiger partial charge in [0, 0.05) is 19.3 Å². The Morgan fingerprint density at radius 2 is 0.520 bits per heavy atom. The lowest BCUT2D eigenvalue weighted by Crippen LogP contribution is -2.30. The van der Waals surface area contributed by atoms with Crippen molar-refractivity contribution >= 4 is 17.9 Å². The molecule has 0 amide bonds. The van der Waals surface area contributed by atoms with Gasteiger partial charge in [0.05, 0.1) is 0 Å². The minimum Gasteiger partial charge on any atom is -0.462 e. The molecule has 0 aromatic rings. The Bertz CT molecular complexity index is 1620. The molecule has 0 saturated carbocycles. The first-order chi connectivity index (χ1) is 37.0. The zero-order valence-electron chi connectivity index (χ0n) is 48.5. The zero-order chi connectivity index (χ0) is 54.3.